The van der Waals surface area contributed by atoms with Crippen molar-refractivity contribution >= 4 is 0 Å². The van der Waals surface area contributed by atoms with Gasteiger partial charge < -0.3 is 24.6 Å². The highest BCUT2D eigenvalue weighted by Gasteiger charge is 2.39. The van der Waals surface area contributed by atoms with E-state index in [0.29, 0.717) is 19.6 Å². The molecule has 0 unspecified atom stereocenters. The Hall–Kier alpha value is -3.19. The van der Waals surface area contributed by atoms with Crippen LogP contribution >= 0.6 is 0 Å². The maximum Gasteiger partial charge on any atom is 0.195 e. The van der Waals surface area contributed by atoms with Crippen LogP contribution in [0.1, 0.15) is 42.5 Å². The summed E-state index contributed by atoms with van der Waals surface area (Å²) < 4.78 is 31.2. The second-order valence-electron chi connectivity index (χ2n) is 9.28. The van der Waals surface area contributed by atoms with Gasteiger partial charge in [-0.15, -0.1) is 0 Å². The summed E-state index contributed by atoms with van der Waals surface area (Å²) in [6.45, 7) is 2.98. The van der Waals surface area contributed by atoms with Crippen molar-refractivity contribution in [1.29, 1.82) is 0 Å². The molecule has 0 saturated carbocycles. The lowest BCUT2D eigenvalue weighted by molar-refractivity contribution is -0.173. The SMILES string of the molecule is C/C=C(/N[C@H](CO)c1ccccc1)[C@H](CCC1(c2ccc(F)cc2)OCCO1)Cc1ccc(OC)cc1. The van der Waals surface area contributed by atoms with Crippen LogP contribution in [0.5, 0.6) is 5.75 Å². The number of allylic oxidation sites excluding steroid dienone is 2. The molecule has 196 valence electrons. The van der Waals surface area contributed by atoms with Gasteiger partial charge in [0.15, 0.2) is 5.79 Å². The lowest BCUT2D eigenvalue weighted by Crippen LogP contribution is -2.32. The molecule has 0 spiro atoms. The minimum Gasteiger partial charge on any atom is -0.497 e. The molecule has 1 saturated heterocycles. The molecule has 37 heavy (non-hydrogen) atoms. The van der Waals surface area contributed by atoms with E-state index in [0.717, 1.165) is 35.4 Å². The molecule has 1 aliphatic heterocycles. The van der Waals surface area contributed by atoms with Gasteiger partial charge in [-0.25, -0.2) is 4.39 Å². The average Bonchev–Trinajstić information content (AvgIpc) is 3.43. The normalized spacial score (nSPS) is 16.8. The zero-order chi connectivity index (χ0) is 26.1. The third-order valence-electron chi connectivity index (χ3n) is 6.98. The smallest absolute Gasteiger partial charge is 0.195 e. The van der Waals surface area contributed by atoms with Crippen molar-refractivity contribution < 1.29 is 23.7 Å². The molecule has 0 bridgehead atoms. The molecule has 0 aliphatic carbocycles. The molecule has 0 radical (unpaired) electrons. The number of halogens is 1. The maximum absolute atomic E-state index is 13.6. The van der Waals surface area contributed by atoms with E-state index < -0.39 is 5.79 Å². The van der Waals surface area contributed by atoms with Crippen molar-refractivity contribution in [2.45, 2.75) is 38.0 Å². The van der Waals surface area contributed by atoms with E-state index >= 15 is 0 Å². The van der Waals surface area contributed by atoms with Crippen LogP contribution in [0.15, 0.2) is 90.6 Å². The van der Waals surface area contributed by atoms with E-state index in [1.54, 1.807) is 19.2 Å². The van der Waals surface area contributed by atoms with Gasteiger partial charge in [-0.3, -0.25) is 0 Å². The van der Waals surface area contributed by atoms with Crippen LogP contribution in [0.4, 0.5) is 4.39 Å². The van der Waals surface area contributed by atoms with E-state index in [1.165, 1.54) is 17.7 Å². The number of aliphatic hydroxyl groups excluding tert-OH is 1. The molecule has 0 amide bonds. The van der Waals surface area contributed by atoms with Crippen LogP contribution in [-0.4, -0.2) is 32.0 Å². The van der Waals surface area contributed by atoms with Crippen molar-refractivity contribution in [3.63, 3.8) is 0 Å². The van der Waals surface area contributed by atoms with E-state index in [1.807, 2.05) is 49.4 Å². The van der Waals surface area contributed by atoms with Gasteiger partial charge in [-0.1, -0.05) is 60.7 Å². The van der Waals surface area contributed by atoms with Gasteiger partial charge in [-0.05, 0) is 55.2 Å². The second-order valence-corrected chi connectivity index (χ2v) is 9.28. The Bertz CT molecular complexity index is 1130. The molecular formula is C31H36FNO4. The number of aliphatic hydroxyl groups is 1. The van der Waals surface area contributed by atoms with Gasteiger partial charge >= 0.3 is 0 Å². The van der Waals surface area contributed by atoms with Crippen LogP contribution in [0.2, 0.25) is 0 Å². The standard InChI is InChI=1S/C31H36FNO4/c1-3-29(33-30(22-34)24-7-5-4-6-8-24)25(21-23-9-15-28(35-2)16-10-23)17-18-31(36-19-20-37-31)26-11-13-27(32)14-12-26/h3-16,25,30,33-34H,17-22H2,1-2H3/b29-3+/t25-,30-/m1/s1. The molecule has 3 aromatic carbocycles. The van der Waals surface area contributed by atoms with Gasteiger partial charge in [-0.2, -0.15) is 0 Å². The summed E-state index contributed by atoms with van der Waals surface area (Å²) in [5.41, 5.74) is 4.07. The average molecular weight is 506 g/mol. The summed E-state index contributed by atoms with van der Waals surface area (Å²) in [4.78, 5) is 0. The highest BCUT2D eigenvalue weighted by Crippen LogP contribution is 2.38. The van der Waals surface area contributed by atoms with Crippen molar-refractivity contribution in [3.05, 3.63) is 113 Å². The monoisotopic (exact) mass is 505 g/mol. The second kappa shape index (κ2) is 12.9. The quantitative estimate of drug-likeness (QED) is 0.321. The highest BCUT2D eigenvalue weighted by atomic mass is 19.1. The number of hydrogen-bond donors (Lipinski definition) is 2. The Morgan fingerprint density at radius 3 is 2.30 bits per heavy atom. The molecule has 3 aromatic rings. The summed E-state index contributed by atoms with van der Waals surface area (Å²) in [6, 6.07) is 24.2. The predicted octanol–water partition coefficient (Wildman–Crippen LogP) is 5.90. The fourth-order valence-corrected chi connectivity index (χ4v) is 4.95. The molecule has 1 heterocycles. The predicted molar refractivity (Wildman–Crippen MR) is 143 cm³/mol. The first-order chi connectivity index (χ1) is 18.1. The first kappa shape index (κ1) is 26.9. The Morgan fingerprint density at radius 1 is 1.03 bits per heavy atom. The van der Waals surface area contributed by atoms with E-state index in [2.05, 4.69) is 23.5 Å². The lowest BCUT2D eigenvalue weighted by atomic mass is 9.87. The summed E-state index contributed by atoms with van der Waals surface area (Å²) >= 11 is 0. The molecule has 2 atom stereocenters. The van der Waals surface area contributed by atoms with Gasteiger partial charge in [0.1, 0.15) is 11.6 Å². The summed E-state index contributed by atoms with van der Waals surface area (Å²) in [7, 11) is 1.66. The molecule has 1 aliphatic rings. The van der Waals surface area contributed by atoms with Crippen molar-refractivity contribution in [2.75, 3.05) is 26.9 Å². The van der Waals surface area contributed by atoms with Crippen LogP contribution in [0.25, 0.3) is 0 Å². The van der Waals surface area contributed by atoms with E-state index in [-0.39, 0.29) is 24.4 Å². The van der Waals surface area contributed by atoms with Gasteiger partial charge in [0.05, 0.1) is 33.0 Å². The van der Waals surface area contributed by atoms with Crippen LogP contribution in [0.3, 0.4) is 0 Å². The number of nitrogens with one attached hydrogen (secondary N) is 1. The van der Waals surface area contributed by atoms with Crippen molar-refractivity contribution in [3.8, 4) is 5.75 Å². The maximum atomic E-state index is 13.6. The Labute approximate surface area is 218 Å². The van der Waals surface area contributed by atoms with Crippen LogP contribution in [-0.2, 0) is 21.7 Å². The van der Waals surface area contributed by atoms with Crippen molar-refractivity contribution in [1.82, 2.24) is 5.32 Å². The highest BCUT2D eigenvalue weighted by molar-refractivity contribution is 5.29. The largest absolute Gasteiger partial charge is 0.497 e. The minimum absolute atomic E-state index is 0.0254. The minimum atomic E-state index is -0.902. The summed E-state index contributed by atoms with van der Waals surface area (Å²) in [5, 5.41) is 13.8. The zero-order valence-corrected chi connectivity index (χ0v) is 21.5. The zero-order valence-electron chi connectivity index (χ0n) is 21.5. The molecule has 0 aromatic heterocycles. The number of methoxy groups -OCH3 is 1. The first-order valence-electron chi connectivity index (χ1n) is 12.8. The molecule has 2 N–H and O–H groups in total. The first-order valence-corrected chi connectivity index (χ1v) is 12.8. The van der Waals surface area contributed by atoms with E-state index in [9.17, 15) is 9.50 Å². The fourth-order valence-electron chi connectivity index (χ4n) is 4.95. The third-order valence-corrected chi connectivity index (χ3v) is 6.98. The molecule has 1 fully saturated rings. The molecule has 5 nitrogen and oxygen atoms in total. The van der Waals surface area contributed by atoms with Crippen molar-refractivity contribution in [2.24, 2.45) is 5.92 Å². The van der Waals surface area contributed by atoms with Gasteiger partial charge in [0.25, 0.3) is 0 Å². The number of ether oxygens (including phenoxy) is 3. The third kappa shape index (κ3) is 6.77. The van der Waals surface area contributed by atoms with Gasteiger partial charge in [0.2, 0.25) is 0 Å². The number of rotatable bonds is 12. The van der Waals surface area contributed by atoms with Gasteiger partial charge in [0, 0.05) is 23.6 Å². The molecular weight excluding hydrogens is 469 g/mol. The molecule has 6 heteroatoms. The Morgan fingerprint density at radius 2 is 1.70 bits per heavy atom. The van der Waals surface area contributed by atoms with E-state index in [4.69, 9.17) is 14.2 Å². The number of hydrogen-bond acceptors (Lipinski definition) is 5. The van der Waals surface area contributed by atoms with Crippen LogP contribution in [0, 0.1) is 11.7 Å². The number of benzene rings is 3. The summed E-state index contributed by atoms with van der Waals surface area (Å²) in [6.07, 6.45) is 4.22. The summed E-state index contributed by atoms with van der Waals surface area (Å²) in [5.74, 6) is -0.274. The molecule has 4 rings (SSSR count). The lowest BCUT2D eigenvalue weighted by Gasteiger charge is -2.32. The Kier molecular flexibility index (Phi) is 9.34. The topological polar surface area (TPSA) is 60.0 Å². The van der Waals surface area contributed by atoms with Crippen LogP contribution < -0.4 is 10.1 Å². The Balaban J connectivity index is 1.58. The fraction of sp³-hybridized carbons (Fsp3) is 0.355.